The van der Waals surface area contributed by atoms with Crippen LogP contribution in [-0.2, 0) is 0 Å². The average molecular weight is 178 g/mol. The summed E-state index contributed by atoms with van der Waals surface area (Å²) in [7, 11) is 2.21. The van der Waals surface area contributed by atoms with Gasteiger partial charge in [-0.1, -0.05) is 0 Å². The summed E-state index contributed by atoms with van der Waals surface area (Å²) >= 11 is 0. The largest absolute Gasteiger partial charge is 0.306 e. The average Bonchev–Trinajstić information content (AvgIpc) is 2.80. The lowest BCUT2D eigenvalue weighted by atomic mass is 9.93. The maximum atomic E-state index is 8.65. The first-order valence-corrected chi connectivity index (χ1v) is 5.32. The zero-order valence-electron chi connectivity index (χ0n) is 8.42. The Morgan fingerprint density at radius 2 is 2.31 bits per heavy atom. The van der Waals surface area contributed by atoms with Gasteiger partial charge in [0.2, 0.25) is 0 Å². The van der Waals surface area contributed by atoms with Crippen molar-refractivity contribution in [2.75, 3.05) is 20.1 Å². The number of likely N-dealkylation sites (tertiary alicyclic amines) is 1. The van der Waals surface area contributed by atoms with Gasteiger partial charge in [-0.25, -0.2) is 0 Å². The minimum Gasteiger partial charge on any atom is -0.306 e. The normalized spacial score (nSPS) is 39.8. The number of nitrogens with zero attached hydrogens (tertiary/aromatic N) is 2. The van der Waals surface area contributed by atoms with Crippen molar-refractivity contribution >= 4 is 0 Å². The molecule has 1 saturated heterocycles. The lowest BCUT2D eigenvalue weighted by Crippen LogP contribution is -2.19. The van der Waals surface area contributed by atoms with E-state index in [0.717, 1.165) is 12.3 Å². The van der Waals surface area contributed by atoms with Crippen LogP contribution in [0.2, 0.25) is 0 Å². The first-order valence-electron chi connectivity index (χ1n) is 5.32. The molecule has 2 rings (SSSR count). The molecule has 1 spiro atoms. The van der Waals surface area contributed by atoms with E-state index < -0.39 is 0 Å². The second-order valence-electron chi connectivity index (χ2n) is 4.78. The van der Waals surface area contributed by atoms with Crippen LogP contribution >= 0.6 is 0 Å². The van der Waals surface area contributed by atoms with Crippen molar-refractivity contribution in [1.82, 2.24) is 4.90 Å². The van der Waals surface area contributed by atoms with Gasteiger partial charge in [0.25, 0.3) is 0 Å². The van der Waals surface area contributed by atoms with E-state index in [1.165, 1.54) is 38.8 Å². The fraction of sp³-hybridized carbons (Fsp3) is 0.909. The highest BCUT2D eigenvalue weighted by atomic mass is 15.1. The SMILES string of the molecule is CN1CCCC2(CC1)CC2CC#N. The highest BCUT2D eigenvalue weighted by Crippen LogP contribution is 2.60. The van der Waals surface area contributed by atoms with Crippen LogP contribution in [0.25, 0.3) is 0 Å². The molecule has 13 heavy (non-hydrogen) atoms. The number of hydrogen-bond acceptors (Lipinski definition) is 2. The molecule has 1 heterocycles. The van der Waals surface area contributed by atoms with Crippen LogP contribution in [0, 0.1) is 22.7 Å². The van der Waals surface area contributed by atoms with E-state index in [1.54, 1.807) is 0 Å². The van der Waals surface area contributed by atoms with Gasteiger partial charge in [0, 0.05) is 6.42 Å². The Hall–Kier alpha value is -0.550. The van der Waals surface area contributed by atoms with Gasteiger partial charge in [0.15, 0.2) is 0 Å². The van der Waals surface area contributed by atoms with Crippen LogP contribution in [0.1, 0.15) is 32.1 Å². The number of hydrogen-bond donors (Lipinski definition) is 0. The van der Waals surface area contributed by atoms with Gasteiger partial charge in [0.05, 0.1) is 6.07 Å². The van der Waals surface area contributed by atoms with Gasteiger partial charge in [-0.2, -0.15) is 5.26 Å². The molecule has 2 atom stereocenters. The van der Waals surface area contributed by atoms with Gasteiger partial charge in [-0.15, -0.1) is 0 Å². The van der Waals surface area contributed by atoms with E-state index in [1.807, 2.05) is 0 Å². The first-order chi connectivity index (χ1) is 6.27. The van der Waals surface area contributed by atoms with Crippen molar-refractivity contribution < 1.29 is 0 Å². The molecule has 2 aliphatic rings. The number of nitriles is 1. The van der Waals surface area contributed by atoms with E-state index in [2.05, 4.69) is 18.0 Å². The third-order valence-electron chi connectivity index (χ3n) is 3.90. The maximum Gasteiger partial charge on any atom is 0.0624 e. The van der Waals surface area contributed by atoms with E-state index in [0.29, 0.717) is 5.41 Å². The molecule has 2 unspecified atom stereocenters. The fourth-order valence-electron chi connectivity index (χ4n) is 2.79. The van der Waals surface area contributed by atoms with Crippen molar-refractivity contribution in [2.24, 2.45) is 11.3 Å². The van der Waals surface area contributed by atoms with Crippen LogP contribution in [-0.4, -0.2) is 25.0 Å². The van der Waals surface area contributed by atoms with Gasteiger partial charge in [-0.3, -0.25) is 0 Å². The second kappa shape index (κ2) is 3.31. The molecule has 0 aromatic rings. The van der Waals surface area contributed by atoms with Crippen molar-refractivity contribution in [3.8, 4) is 6.07 Å². The zero-order valence-corrected chi connectivity index (χ0v) is 8.42. The van der Waals surface area contributed by atoms with Gasteiger partial charge in [-0.05, 0) is 57.2 Å². The van der Waals surface area contributed by atoms with Crippen molar-refractivity contribution in [1.29, 1.82) is 5.26 Å². The zero-order chi connectivity index (χ0) is 9.31. The molecular formula is C11H18N2. The van der Waals surface area contributed by atoms with Crippen molar-refractivity contribution in [3.63, 3.8) is 0 Å². The molecule has 0 N–H and O–H groups in total. The predicted octanol–water partition coefficient (Wildman–Crippen LogP) is 2.02. The molecule has 1 aliphatic heterocycles. The van der Waals surface area contributed by atoms with E-state index in [-0.39, 0.29) is 0 Å². The highest BCUT2D eigenvalue weighted by Gasteiger charge is 2.52. The Morgan fingerprint density at radius 1 is 1.46 bits per heavy atom. The van der Waals surface area contributed by atoms with Crippen LogP contribution in [0.15, 0.2) is 0 Å². The van der Waals surface area contributed by atoms with E-state index in [4.69, 9.17) is 5.26 Å². The fourth-order valence-corrected chi connectivity index (χ4v) is 2.79. The molecular weight excluding hydrogens is 160 g/mol. The van der Waals surface area contributed by atoms with E-state index in [9.17, 15) is 0 Å². The van der Waals surface area contributed by atoms with Gasteiger partial charge < -0.3 is 4.90 Å². The molecule has 0 radical (unpaired) electrons. The van der Waals surface area contributed by atoms with E-state index >= 15 is 0 Å². The van der Waals surface area contributed by atoms with Crippen LogP contribution < -0.4 is 0 Å². The summed E-state index contributed by atoms with van der Waals surface area (Å²) < 4.78 is 0. The highest BCUT2D eigenvalue weighted by molar-refractivity contribution is 5.06. The predicted molar refractivity (Wildman–Crippen MR) is 52.1 cm³/mol. The summed E-state index contributed by atoms with van der Waals surface area (Å²) in [5.41, 5.74) is 0.598. The summed E-state index contributed by atoms with van der Waals surface area (Å²) in [4.78, 5) is 2.43. The minimum absolute atomic E-state index is 0.598. The number of rotatable bonds is 1. The monoisotopic (exact) mass is 178 g/mol. The molecule has 2 fully saturated rings. The van der Waals surface area contributed by atoms with Crippen LogP contribution in [0.3, 0.4) is 0 Å². The molecule has 2 heteroatoms. The molecule has 0 amide bonds. The molecule has 0 bridgehead atoms. The molecule has 1 aliphatic carbocycles. The third-order valence-corrected chi connectivity index (χ3v) is 3.90. The lowest BCUT2D eigenvalue weighted by molar-refractivity contribution is 0.332. The topological polar surface area (TPSA) is 27.0 Å². The van der Waals surface area contributed by atoms with Crippen LogP contribution in [0.5, 0.6) is 0 Å². The smallest absolute Gasteiger partial charge is 0.0624 e. The molecule has 0 aromatic carbocycles. The minimum atomic E-state index is 0.598. The summed E-state index contributed by atoms with van der Waals surface area (Å²) in [5.74, 6) is 0.740. The first kappa shape index (κ1) is 9.02. The Morgan fingerprint density at radius 3 is 3.08 bits per heavy atom. The van der Waals surface area contributed by atoms with Crippen molar-refractivity contribution in [3.05, 3.63) is 0 Å². The summed E-state index contributed by atoms with van der Waals surface area (Å²) in [5, 5.41) is 8.65. The van der Waals surface area contributed by atoms with Gasteiger partial charge in [0.1, 0.15) is 0 Å². The molecule has 0 aromatic heterocycles. The Kier molecular flexibility index (Phi) is 2.29. The quantitative estimate of drug-likeness (QED) is 0.614. The summed E-state index contributed by atoms with van der Waals surface area (Å²) in [6, 6.07) is 2.32. The summed E-state index contributed by atoms with van der Waals surface area (Å²) in [6.07, 6.45) is 6.15. The Bertz CT molecular complexity index is 231. The summed E-state index contributed by atoms with van der Waals surface area (Å²) in [6.45, 7) is 2.49. The maximum absolute atomic E-state index is 8.65. The lowest BCUT2D eigenvalue weighted by Gasteiger charge is -2.14. The molecule has 72 valence electrons. The van der Waals surface area contributed by atoms with Crippen molar-refractivity contribution in [2.45, 2.75) is 32.1 Å². The second-order valence-corrected chi connectivity index (χ2v) is 4.78. The molecule has 1 saturated carbocycles. The molecule has 2 nitrogen and oxygen atoms in total. The van der Waals surface area contributed by atoms with Crippen LogP contribution in [0.4, 0.5) is 0 Å². The Labute approximate surface area is 80.5 Å². The Balaban J connectivity index is 1.91. The third kappa shape index (κ3) is 1.71. The standard InChI is InChI=1S/C11H18N2/c1-13-7-2-4-11(5-8-13)9-10(11)3-6-12/h10H,2-5,7-9H2,1H3. The van der Waals surface area contributed by atoms with Gasteiger partial charge >= 0.3 is 0 Å².